The summed E-state index contributed by atoms with van der Waals surface area (Å²) in [7, 11) is 0. The molecule has 1 aromatic carbocycles. The minimum atomic E-state index is -4.42. The maximum atomic E-state index is 12.8. The first kappa shape index (κ1) is 19.3. The second kappa shape index (κ2) is 7.45. The average Bonchev–Trinajstić information content (AvgIpc) is 3.22. The van der Waals surface area contributed by atoms with Gasteiger partial charge in [-0.15, -0.1) is 12.4 Å². The van der Waals surface area contributed by atoms with Crippen LogP contribution in [0.3, 0.4) is 0 Å². The number of carbonyl (C=O) groups excluding carboxylic acids is 1. The Labute approximate surface area is 149 Å². The zero-order chi connectivity index (χ0) is 17.3. The number of nitrogens with zero attached hydrogens (tertiary/aromatic N) is 3. The van der Waals surface area contributed by atoms with Gasteiger partial charge in [0.2, 0.25) is 0 Å². The largest absolute Gasteiger partial charge is 0.416 e. The summed E-state index contributed by atoms with van der Waals surface area (Å²) < 4.78 is 39.7. The molecule has 1 saturated heterocycles. The average molecular weight is 375 g/mol. The predicted molar refractivity (Wildman–Crippen MR) is 88.9 cm³/mol. The van der Waals surface area contributed by atoms with Crippen LogP contribution in [0.1, 0.15) is 28.9 Å². The Kier molecular flexibility index (Phi) is 5.74. The van der Waals surface area contributed by atoms with Crippen LogP contribution in [0.4, 0.5) is 13.2 Å². The molecule has 9 heteroatoms. The first-order valence-electron chi connectivity index (χ1n) is 7.64. The third kappa shape index (κ3) is 3.96. The zero-order valence-corrected chi connectivity index (χ0v) is 14.1. The van der Waals surface area contributed by atoms with Crippen molar-refractivity contribution in [2.75, 3.05) is 13.1 Å². The number of hydrogen-bond donors (Lipinski definition) is 1. The van der Waals surface area contributed by atoms with Gasteiger partial charge in [0.15, 0.2) is 5.69 Å². The van der Waals surface area contributed by atoms with Gasteiger partial charge in [-0.3, -0.25) is 4.79 Å². The molecule has 2 heterocycles. The van der Waals surface area contributed by atoms with Crippen molar-refractivity contribution in [1.82, 2.24) is 14.7 Å². The Balaban J connectivity index is 0.00000225. The maximum Gasteiger partial charge on any atom is 0.416 e. The Bertz CT molecular complexity index is 747. The van der Waals surface area contributed by atoms with Gasteiger partial charge in [-0.05, 0) is 37.1 Å². The molecule has 2 N–H and O–H groups in total. The van der Waals surface area contributed by atoms with Crippen LogP contribution >= 0.6 is 12.4 Å². The van der Waals surface area contributed by atoms with E-state index < -0.39 is 11.7 Å². The third-order valence-electron chi connectivity index (χ3n) is 4.16. The number of amides is 1. The van der Waals surface area contributed by atoms with Crippen LogP contribution in [0.25, 0.3) is 5.69 Å². The second-order valence-corrected chi connectivity index (χ2v) is 5.72. The van der Waals surface area contributed by atoms with Crippen molar-refractivity contribution in [2.24, 2.45) is 5.73 Å². The number of likely N-dealkylation sites (tertiary alicyclic amines) is 1. The lowest BCUT2D eigenvalue weighted by Gasteiger charge is -2.22. The fourth-order valence-electron chi connectivity index (χ4n) is 2.90. The third-order valence-corrected chi connectivity index (χ3v) is 4.16. The molecule has 1 amide bonds. The molecule has 0 spiro atoms. The predicted octanol–water partition coefficient (Wildman–Crippen LogP) is 2.88. The Morgan fingerprint density at radius 3 is 2.76 bits per heavy atom. The fourth-order valence-corrected chi connectivity index (χ4v) is 2.90. The summed E-state index contributed by atoms with van der Waals surface area (Å²) in [6, 6.07) is 6.32. The van der Waals surface area contributed by atoms with Crippen LogP contribution in [0.15, 0.2) is 36.5 Å². The molecule has 136 valence electrons. The van der Waals surface area contributed by atoms with Crippen molar-refractivity contribution in [1.29, 1.82) is 0 Å². The van der Waals surface area contributed by atoms with E-state index in [-0.39, 0.29) is 35.7 Å². The molecule has 25 heavy (non-hydrogen) atoms. The van der Waals surface area contributed by atoms with Crippen LogP contribution in [0.5, 0.6) is 0 Å². The summed E-state index contributed by atoms with van der Waals surface area (Å²) in [5.41, 5.74) is 5.36. The monoisotopic (exact) mass is 374 g/mol. The van der Waals surface area contributed by atoms with E-state index in [1.807, 2.05) is 0 Å². The lowest BCUT2D eigenvalue weighted by atomic mass is 10.2. The molecule has 0 radical (unpaired) electrons. The zero-order valence-electron chi connectivity index (χ0n) is 13.2. The van der Waals surface area contributed by atoms with Crippen LogP contribution < -0.4 is 5.73 Å². The number of halogens is 4. The maximum absolute atomic E-state index is 12.8. The SMILES string of the molecule is Cl.NCC1CCCN1C(=O)c1ccn(-c2cccc(C(F)(F)F)c2)n1. The Morgan fingerprint density at radius 2 is 2.08 bits per heavy atom. The number of hydrogen-bond acceptors (Lipinski definition) is 3. The van der Waals surface area contributed by atoms with Crippen LogP contribution in [0, 0.1) is 0 Å². The molecule has 0 bridgehead atoms. The van der Waals surface area contributed by atoms with Gasteiger partial charge >= 0.3 is 6.18 Å². The molecule has 3 rings (SSSR count). The molecule has 1 aromatic heterocycles. The van der Waals surface area contributed by atoms with E-state index in [0.29, 0.717) is 13.1 Å². The van der Waals surface area contributed by atoms with Gasteiger partial charge < -0.3 is 10.6 Å². The van der Waals surface area contributed by atoms with Gasteiger partial charge in [0.05, 0.1) is 11.3 Å². The van der Waals surface area contributed by atoms with Crippen molar-refractivity contribution in [3.05, 3.63) is 47.8 Å². The van der Waals surface area contributed by atoms with Gasteiger partial charge in [-0.2, -0.15) is 18.3 Å². The van der Waals surface area contributed by atoms with E-state index in [1.54, 1.807) is 4.90 Å². The first-order valence-corrected chi connectivity index (χ1v) is 7.64. The molecular formula is C16H18ClF3N4O. The molecule has 1 aliphatic rings. The lowest BCUT2D eigenvalue weighted by molar-refractivity contribution is -0.137. The van der Waals surface area contributed by atoms with Gasteiger partial charge in [-0.25, -0.2) is 4.68 Å². The van der Waals surface area contributed by atoms with Crippen molar-refractivity contribution in [3.8, 4) is 5.69 Å². The molecule has 1 unspecified atom stereocenters. The standard InChI is InChI=1S/C16H17F3N4O.ClH/c17-16(18,19)11-3-1-4-12(9-11)23-8-6-14(21-23)15(24)22-7-2-5-13(22)10-20;/h1,3-4,6,8-9,13H,2,5,7,10,20H2;1H. The van der Waals surface area contributed by atoms with E-state index >= 15 is 0 Å². The molecule has 5 nitrogen and oxygen atoms in total. The number of benzene rings is 1. The Morgan fingerprint density at radius 1 is 1.32 bits per heavy atom. The summed E-state index contributed by atoms with van der Waals surface area (Å²) in [4.78, 5) is 14.2. The first-order chi connectivity index (χ1) is 11.4. The van der Waals surface area contributed by atoms with Crippen molar-refractivity contribution < 1.29 is 18.0 Å². The minimum absolute atomic E-state index is 0. The summed E-state index contributed by atoms with van der Waals surface area (Å²) in [5.74, 6) is -0.242. The second-order valence-electron chi connectivity index (χ2n) is 5.72. The molecule has 2 aromatic rings. The van der Waals surface area contributed by atoms with Crippen molar-refractivity contribution >= 4 is 18.3 Å². The van der Waals surface area contributed by atoms with E-state index in [1.165, 1.54) is 29.1 Å². The van der Waals surface area contributed by atoms with Gasteiger partial charge in [0.25, 0.3) is 5.91 Å². The van der Waals surface area contributed by atoms with E-state index in [4.69, 9.17) is 5.73 Å². The van der Waals surface area contributed by atoms with Crippen molar-refractivity contribution in [2.45, 2.75) is 25.1 Å². The number of alkyl halides is 3. The molecule has 0 aliphatic carbocycles. The fraction of sp³-hybridized carbons (Fsp3) is 0.375. The summed E-state index contributed by atoms with van der Waals surface area (Å²) in [5, 5.41) is 4.13. The molecular weight excluding hydrogens is 357 g/mol. The van der Waals surface area contributed by atoms with Crippen LogP contribution in [0.2, 0.25) is 0 Å². The molecule has 1 aliphatic heterocycles. The molecule has 1 atom stereocenters. The highest BCUT2D eigenvalue weighted by molar-refractivity contribution is 5.92. The van der Waals surface area contributed by atoms with E-state index in [9.17, 15) is 18.0 Å². The number of rotatable bonds is 3. The van der Waals surface area contributed by atoms with Crippen LogP contribution in [-0.2, 0) is 6.18 Å². The minimum Gasteiger partial charge on any atom is -0.333 e. The normalized spacial score (nSPS) is 17.4. The van der Waals surface area contributed by atoms with Gasteiger partial charge in [0, 0.05) is 25.3 Å². The lowest BCUT2D eigenvalue weighted by Crippen LogP contribution is -2.40. The van der Waals surface area contributed by atoms with Gasteiger partial charge in [-0.1, -0.05) is 6.07 Å². The number of carbonyl (C=O) groups is 1. The molecule has 1 fully saturated rings. The topological polar surface area (TPSA) is 64.2 Å². The smallest absolute Gasteiger partial charge is 0.333 e. The quantitative estimate of drug-likeness (QED) is 0.898. The van der Waals surface area contributed by atoms with E-state index in [0.717, 1.165) is 25.0 Å². The van der Waals surface area contributed by atoms with Gasteiger partial charge in [0.1, 0.15) is 0 Å². The molecule has 0 saturated carbocycles. The highest BCUT2D eigenvalue weighted by Crippen LogP contribution is 2.30. The van der Waals surface area contributed by atoms with E-state index in [2.05, 4.69) is 5.10 Å². The highest BCUT2D eigenvalue weighted by atomic mass is 35.5. The highest BCUT2D eigenvalue weighted by Gasteiger charge is 2.31. The summed E-state index contributed by atoms with van der Waals surface area (Å²) in [6.45, 7) is 1.01. The summed E-state index contributed by atoms with van der Waals surface area (Å²) in [6.07, 6.45) is -1.19. The van der Waals surface area contributed by atoms with Crippen LogP contribution in [-0.4, -0.2) is 39.7 Å². The van der Waals surface area contributed by atoms with Crippen molar-refractivity contribution in [3.63, 3.8) is 0 Å². The Hall–Kier alpha value is -2.06. The summed E-state index contributed by atoms with van der Waals surface area (Å²) >= 11 is 0. The number of aromatic nitrogens is 2. The number of nitrogens with two attached hydrogens (primary N) is 1.